The van der Waals surface area contributed by atoms with Crippen molar-refractivity contribution in [3.8, 4) is 11.6 Å². The standard InChI is InChI=1S/C11H11FN2O3/c12-8-3-1-2-4-9(8)14-11(17)7(5-6-15)10(16)13-14/h1-4,15,17H,5-6H2,(H,13,16). The van der Waals surface area contributed by atoms with Gasteiger partial charge in [0, 0.05) is 13.0 Å². The van der Waals surface area contributed by atoms with Crippen LogP contribution in [-0.4, -0.2) is 26.6 Å². The Balaban J connectivity index is 2.58. The van der Waals surface area contributed by atoms with Crippen LogP contribution in [0.3, 0.4) is 0 Å². The van der Waals surface area contributed by atoms with Gasteiger partial charge in [0.25, 0.3) is 5.56 Å². The molecule has 0 aliphatic heterocycles. The number of nitrogens with zero attached hydrogens (tertiary/aromatic N) is 1. The van der Waals surface area contributed by atoms with E-state index in [2.05, 4.69) is 5.10 Å². The van der Waals surface area contributed by atoms with E-state index < -0.39 is 11.4 Å². The molecule has 0 radical (unpaired) electrons. The molecular weight excluding hydrogens is 227 g/mol. The molecule has 17 heavy (non-hydrogen) atoms. The smallest absolute Gasteiger partial charge is 0.271 e. The molecule has 5 nitrogen and oxygen atoms in total. The van der Waals surface area contributed by atoms with Gasteiger partial charge in [-0.05, 0) is 12.1 Å². The van der Waals surface area contributed by atoms with Gasteiger partial charge in [0.05, 0.1) is 5.56 Å². The maximum absolute atomic E-state index is 13.5. The number of nitrogens with one attached hydrogen (secondary N) is 1. The third kappa shape index (κ3) is 1.94. The quantitative estimate of drug-likeness (QED) is 0.730. The van der Waals surface area contributed by atoms with Crippen LogP contribution in [0.4, 0.5) is 4.39 Å². The molecule has 1 aromatic heterocycles. The number of aromatic hydroxyl groups is 1. The van der Waals surface area contributed by atoms with Crippen molar-refractivity contribution >= 4 is 0 Å². The summed E-state index contributed by atoms with van der Waals surface area (Å²) < 4.78 is 14.4. The molecule has 90 valence electrons. The normalized spacial score (nSPS) is 10.7. The maximum Gasteiger partial charge on any atom is 0.271 e. The molecule has 0 saturated heterocycles. The highest BCUT2D eigenvalue weighted by atomic mass is 19.1. The lowest BCUT2D eigenvalue weighted by Gasteiger charge is -2.05. The largest absolute Gasteiger partial charge is 0.493 e. The van der Waals surface area contributed by atoms with Gasteiger partial charge >= 0.3 is 0 Å². The molecule has 0 unspecified atom stereocenters. The van der Waals surface area contributed by atoms with E-state index in [1.165, 1.54) is 18.2 Å². The fourth-order valence-electron chi connectivity index (χ4n) is 1.60. The first kappa shape index (κ1) is 11.4. The van der Waals surface area contributed by atoms with Crippen molar-refractivity contribution in [2.75, 3.05) is 6.61 Å². The van der Waals surface area contributed by atoms with Crippen LogP contribution in [0.2, 0.25) is 0 Å². The molecule has 0 fully saturated rings. The number of rotatable bonds is 3. The van der Waals surface area contributed by atoms with Gasteiger partial charge in [-0.25, -0.2) is 9.07 Å². The average Bonchev–Trinajstić information content (AvgIpc) is 2.58. The lowest BCUT2D eigenvalue weighted by Crippen LogP contribution is -2.08. The van der Waals surface area contributed by atoms with Crippen molar-refractivity contribution in [3.63, 3.8) is 0 Å². The Morgan fingerprint density at radius 1 is 1.35 bits per heavy atom. The van der Waals surface area contributed by atoms with Crippen LogP contribution >= 0.6 is 0 Å². The molecule has 0 atom stereocenters. The molecule has 0 aliphatic carbocycles. The molecule has 2 aromatic rings. The Hall–Kier alpha value is -2.08. The number of hydrogen-bond donors (Lipinski definition) is 3. The van der Waals surface area contributed by atoms with Crippen LogP contribution in [-0.2, 0) is 6.42 Å². The van der Waals surface area contributed by atoms with Gasteiger partial charge in [-0.1, -0.05) is 12.1 Å². The number of halogens is 1. The van der Waals surface area contributed by atoms with Crippen LogP contribution in [0.5, 0.6) is 5.88 Å². The van der Waals surface area contributed by atoms with Crippen molar-refractivity contribution in [1.82, 2.24) is 9.78 Å². The first-order valence-electron chi connectivity index (χ1n) is 5.03. The zero-order valence-electron chi connectivity index (χ0n) is 8.85. The van der Waals surface area contributed by atoms with E-state index in [0.29, 0.717) is 0 Å². The van der Waals surface area contributed by atoms with E-state index in [-0.39, 0.29) is 30.2 Å². The second kappa shape index (κ2) is 4.42. The van der Waals surface area contributed by atoms with E-state index in [4.69, 9.17) is 5.11 Å². The number of aliphatic hydroxyl groups is 1. The first-order valence-corrected chi connectivity index (χ1v) is 5.03. The summed E-state index contributed by atoms with van der Waals surface area (Å²) in [4.78, 5) is 11.5. The highest BCUT2D eigenvalue weighted by molar-refractivity contribution is 5.38. The summed E-state index contributed by atoms with van der Waals surface area (Å²) in [5.74, 6) is -0.946. The lowest BCUT2D eigenvalue weighted by molar-refractivity contribution is 0.296. The molecule has 1 aromatic carbocycles. The Labute approximate surface area is 95.7 Å². The second-order valence-corrected chi connectivity index (χ2v) is 3.50. The molecule has 0 aliphatic rings. The number of hydrogen-bond acceptors (Lipinski definition) is 3. The Morgan fingerprint density at radius 3 is 2.71 bits per heavy atom. The van der Waals surface area contributed by atoms with Gasteiger partial charge in [-0.3, -0.25) is 9.89 Å². The zero-order valence-corrected chi connectivity index (χ0v) is 8.85. The maximum atomic E-state index is 13.5. The number of benzene rings is 1. The second-order valence-electron chi connectivity index (χ2n) is 3.50. The fourth-order valence-corrected chi connectivity index (χ4v) is 1.60. The minimum absolute atomic E-state index is 0.0165. The van der Waals surface area contributed by atoms with Crippen LogP contribution < -0.4 is 5.56 Å². The molecule has 1 heterocycles. The van der Waals surface area contributed by atoms with E-state index in [9.17, 15) is 14.3 Å². The third-order valence-corrected chi connectivity index (χ3v) is 2.42. The number of aromatic amines is 1. The molecule has 0 spiro atoms. The highest BCUT2D eigenvalue weighted by Crippen LogP contribution is 2.20. The highest BCUT2D eigenvalue weighted by Gasteiger charge is 2.16. The molecular formula is C11H11FN2O3. The molecule has 6 heteroatoms. The summed E-state index contributed by atoms with van der Waals surface area (Å²) in [5.41, 5.74) is -0.457. The summed E-state index contributed by atoms with van der Waals surface area (Å²) in [6.45, 7) is -0.266. The van der Waals surface area contributed by atoms with Crippen LogP contribution in [0, 0.1) is 5.82 Å². The zero-order chi connectivity index (χ0) is 12.4. The van der Waals surface area contributed by atoms with Gasteiger partial charge in [0.1, 0.15) is 11.5 Å². The van der Waals surface area contributed by atoms with Crippen molar-refractivity contribution < 1.29 is 14.6 Å². The van der Waals surface area contributed by atoms with Crippen molar-refractivity contribution in [1.29, 1.82) is 0 Å². The minimum Gasteiger partial charge on any atom is -0.493 e. The summed E-state index contributed by atoms with van der Waals surface area (Å²) in [6, 6.07) is 5.74. The first-order chi connectivity index (χ1) is 8.15. The summed E-state index contributed by atoms with van der Waals surface area (Å²) >= 11 is 0. The Bertz CT molecular complexity index is 589. The monoisotopic (exact) mass is 238 g/mol. The average molecular weight is 238 g/mol. The third-order valence-electron chi connectivity index (χ3n) is 2.42. The topological polar surface area (TPSA) is 78.2 Å². The van der Waals surface area contributed by atoms with Gasteiger partial charge in [0.2, 0.25) is 5.88 Å². The summed E-state index contributed by atoms with van der Waals surface area (Å²) in [6.07, 6.45) is 0.0165. The Kier molecular flexibility index (Phi) is 2.97. The predicted molar refractivity (Wildman–Crippen MR) is 58.8 cm³/mol. The molecule has 0 saturated carbocycles. The van der Waals surface area contributed by atoms with Crippen molar-refractivity contribution in [3.05, 3.63) is 46.0 Å². The van der Waals surface area contributed by atoms with Crippen LogP contribution in [0.1, 0.15) is 5.56 Å². The van der Waals surface area contributed by atoms with Gasteiger partial charge in [-0.15, -0.1) is 0 Å². The molecule has 0 amide bonds. The van der Waals surface area contributed by atoms with Gasteiger partial charge < -0.3 is 10.2 Å². The number of H-pyrrole nitrogens is 1. The van der Waals surface area contributed by atoms with Crippen LogP contribution in [0.15, 0.2) is 29.1 Å². The van der Waals surface area contributed by atoms with E-state index >= 15 is 0 Å². The minimum atomic E-state index is -0.565. The molecule has 3 N–H and O–H groups in total. The lowest BCUT2D eigenvalue weighted by atomic mass is 10.2. The Morgan fingerprint density at radius 2 is 2.06 bits per heavy atom. The van der Waals surface area contributed by atoms with Gasteiger partial charge in [-0.2, -0.15) is 0 Å². The summed E-state index contributed by atoms with van der Waals surface area (Å²) in [7, 11) is 0. The van der Waals surface area contributed by atoms with E-state index in [0.717, 1.165) is 4.68 Å². The molecule has 2 rings (SSSR count). The van der Waals surface area contributed by atoms with Crippen molar-refractivity contribution in [2.24, 2.45) is 0 Å². The van der Waals surface area contributed by atoms with Crippen molar-refractivity contribution in [2.45, 2.75) is 6.42 Å². The van der Waals surface area contributed by atoms with Crippen LogP contribution in [0.25, 0.3) is 5.69 Å². The van der Waals surface area contributed by atoms with E-state index in [1.807, 2.05) is 0 Å². The summed E-state index contributed by atoms with van der Waals surface area (Å²) in [5, 5.41) is 20.8. The van der Waals surface area contributed by atoms with E-state index in [1.54, 1.807) is 6.07 Å². The number of para-hydroxylation sites is 1. The SMILES string of the molecule is O=c1[nH]n(-c2ccccc2F)c(O)c1CCO. The molecule has 0 bridgehead atoms. The van der Waals surface area contributed by atoms with Gasteiger partial charge in [0.15, 0.2) is 0 Å². The fraction of sp³-hybridized carbons (Fsp3) is 0.182. The number of aliphatic hydroxyl groups excluding tert-OH is 1. The predicted octanol–water partition coefficient (Wildman–Crippen LogP) is 0.545. The number of aromatic nitrogens is 2.